The average molecular weight is 846 g/mol. The van der Waals surface area contributed by atoms with Crippen molar-refractivity contribution in [1.29, 1.82) is 0 Å². The van der Waals surface area contributed by atoms with Crippen molar-refractivity contribution in [3.63, 3.8) is 0 Å². The van der Waals surface area contributed by atoms with Crippen molar-refractivity contribution in [1.82, 2.24) is 0 Å². The lowest BCUT2D eigenvalue weighted by atomic mass is 9.86. The van der Waals surface area contributed by atoms with Crippen LogP contribution in [0.15, 0.2) is 0 Å². The van der Waals surface area contributed by atoms with Crippen LogP contribution in [0.25, 0.3) is 0 Å². The molecule has 0 rings (SSSR count). The first-order valence-corrected chi connectivity index (χ1v) is 28.7. The minimum atomic E-state index is 0.946. The maximum atomic E-state index is 4.14. The Morgan fingerprint density at radius 1 is 0.183 bits per heavy atom. The molecule has 0 aliphatic carbocycles. The molecule has 0 bridgehead atoms. The summed E-state index contributed by atoms with van der Waals surface area (Å²) < 4.78 is 0. The van der Waals surface area contributed by atoms with Gasteiger partial charge in [-0.2, -0.15) is 0 Å². The van der Waals surface area contributed by atoms with Crippen molar-refractivity contribution < 1.29 is 0 Å². The third kappa shape index (κ3) is 69.2. The first-order valence-electron chi connectivity index (χ1n) is 28.7. The van der Waals surface area contributed by atoms with Crippen molar-refractivity contribution in [2.24, 2.45) is 11.8 Å². The van der Waals surface area contributed by atoms with E-state index in [2.05, 4.69) is 69.2 Å². The lowest BCUT2D eigenvalue weighted by molar-refractivity contribution is 0.340. The lowest BCUT2D eigenvalue weighted by Gasteiger charge is -2.18. The molecule has 2 atom stereocenters. The molecule has 0 nitrogen and oxygen atoms in total. The van der Waals surface area contributed by atoms with Gasteiger partial charge < -0.3 is 0 Å². The molecule has 0 spiro atoms. The minimum absolute atomic E-state index is 0.946. The quantitative estimate of drug-likeness (QED) is 0.0423. The van der Waals surface area contributed by atoms with Crippen LogP contribution < -0.4 is 0 Å². The third-order valence-electron chi connectivity index (χ3n) is 12.8. The maximum Gasteiger partial charge on any atom is 0.0853 e. The predicted octanol–water partition coefficient (Wildman–Crippen LogP) is 23.4. The molecule has 0 aromatic heterocycles. The minimum Gasteiger partial charge on any atom is -0.0654 e. The molecule has 0 heteroatoms. The van der Waals surface area contributed by atoms with Crippen LogP contribution in [0.3, 0.4) is 0 Å². The van der Waals surface area contributed by atoms with Crippen LogP contribution in [-0.4, -0.2) is 0 Å². The molecule has 0 saturated heterocycles. The van der Waals surface area contributed by atoms with Gasteiger partial charge in [0.05, 0.1) is 53.4 Å². The Labute approximate surface area is 387 Å². The largest absolute Gasteiger partial charge is 0.0853 e. The molecule has 0 heterocycles. The van der Waals surface area contributed by atoms with Gasteiger partial charge in [-0.05, 0) is 50.4 Å². The fraction of sp³-hybridized carbons (Fsp3) is 0.933. The SMILES string of the molecule is CCCCC.[CH2+]CCC(CCCCCCCCC)CCCC(CC[CH2+])CCCCCCCCC.[CH2+]CCCCCCCCCCCC.[CH2+]CCCCCCCCCCCC. The van der Waals surface area contributed by atoms with Gasteiger partial charge in [-0.3, -0.25) is 0 Å². The summed E-state index contributed by atoms with van der Waals surface area (Å²) in [5, 5.41) is 0. The highest BCUT2D eigenvalue weighted by Gasteiger charge is 2.13. The van der Waals surface area contributed by atoms with Crippen LogP contribution >= 0.6 is 0 Å². The van der Waals surface area contributed by atoms with E-state index in [-0.39, 0.29) is 0 Å². The summed E-state index contributed by atoms with van der Waals surface area (Å²) in [6.45, 7) is 29.6. The molecule has 0 aliphatic heterocycles. The van der Waals surface area contributed by atoms with E-state index >= 15 is 0 Å². The predicted molar refractivity (Wildman–Crippen MR) is 284 cm³/mol. The first-order chi connectivity index (χ1) is 29.5. The van der Waals surface area contributed by atoms with Crippen LogP contribution in [0.2, 0.25) is 0 Å². The van der Waals surface area contributed by atoms with Gasteiger partial charge in [0, 0.05) is 0 Å². The van der Waals surface area contributed by atoms with Crippen LogP contribution in [-0.2, 0) is 0 Å². The number of hydrogen-bond donors (Lipinski definition) is 0. The van der Waals surface area contributed by atoms with E-state index in [1.165, 1.54) is 283 Å². The van der Waals surface area contributed by atoms with Crippen molar-refractivity contribution in [2.75, 3.05) is 0 Å². The first kappa shape index (κ1) is 66.1. The highest BCUT2D eigenvalue weighted by Crippen LogP contribution is 2.27. The van der Waals surface area contributed by atoms with E-state index < -0.39 is 0 Å². The summed E-state index contributed by atoms with van der Waals surface area (Å²) in [6.07, 6.45) is 67.2. The topological polar surface area (TPSA) is 0 Å². The van der Waals surface area contributed by atoms with E-state index in [1.54, 1.807) is 0 Å². The Balaban J connectivity index is -0.000000416. The Kier molecular flexibility index (Phi) is 74.4. The second-order valence-electron chi connectivity index (χ2n) is 19.2. The molecule has 360 valence electrons. The third-order valence-corrected chi connectivity index (χ3v) is 12.8. The average Bonchev–Trinajstić information content (AvgIpc) is 3.25. The smallest absolute Gasteiger partial charge is 0.0654 e. The zero-order valence-corrected chi connectivity index (χ0v) is 43.9. The fourth-order valence-corrected chi connectivity index (χ4v) is 8.60. The van der Waals surface area contributed by atoms with Gasteiger partial charge in [-0.1, -0.05) is 286 Å². The number of hydrogen-bond acceptors (Lipinski definition) is 0. The van der Waals surface area contributed by atoms with Gasteiger partial charge in [0.1, 0.15) is 0 Å². The Morgan fingerprint density at radius 2 is 0.383 bits per heavy atom. The van der Waals surface area contributed by atoms with Crippen LogP contribution in [0.5, 0.6) is 0 Å². The highest BCUT2D eigenvalue weighted by molar-refractivity contribution is 4.66. The van der Waals surface area contributed by atoms with Crippen molar-refractivity contribution >= 4 is 0 Å². The second-order valence-corrected chi connectivity index (χ2v) is 19.2. The maximum absolute atomic E-state index is 4.14. The van der Waals surface area contributed by atoms with Crippen molar-refractivity contribution in [3.8, 4) is 0 Å². The second kappa shape index (κ2) is 67.6. The molecule has 0 radical (unpaired) electrons. The van der Waals surface area contributed by atoms with Crippen LogP contribution in [0.4, 0.5) is 0 Å². The molecular weight excluding hydrogens is 721 g/mol. The summed E-state index contributed by atoms with van der Waals surface area (Å²) >= 11 is 0. The monoisotopic (exact) mass is 845 g/mol. The molecule has 0 aromatic carbocycles. The van der Waals surface area contributed by atoms with E-state index in [4.69, 9.17) is 0 Å². The highest BCUT2D eigenvalue weighted by atomic mass is 14.2. The Morgan fingerprint density at radius 3 is 0.583 bits per heavy atom. The van der Waals surface area contributed by atoms with Crippen LogP contribution in [0.1, 0.15) is 350 Å². The number of unbranched alkanes of at least 4 members (excludes halogenated alkanes) is 34. The van der Waals surface area contributed by atoms with E-state index in [0.717, 1.165) is 37.5 Å². The van der Waals surface area contributed by atoms with E-state index in [1.807, 2.05) is 0 Å². The molecule has 0 N–H and O–H groups in total. The summed E-state index contributed by atoms with van der Waals surface area (Å²) in [4.78, 5) is 0. The zero-order chi connectivity index (χ0) is 45.1. The fourth-order valence-electron chi connectivity index (χ4n) is 8.60. The summed E-state index contributed by atoms with van der Waals surface area (Å²) in [5.74, 6) is 1.89. The molecule has 0 aliphatic rings. The molecule has 0 saturated carbocycles. The van der Waals surface area contributed by atoms with Crippen molar-refractivity contribution in [2.45, 2.75) is 350 Å². The molecule has 0 amide bonds. The van der Waals surface area contributed by atoms with Gasteiger partial charge in [0.2, 0.25) is 0 Å². The molecule has 60 heavy (non-hydrogen) atoms. The van der Waals surface area contributed by atoms with Gasteiger partial charge in [-0.25, -0.2) is 0 Å². The molecule has 0 aromatic rings. The standard InChI is InChI=1S/C29H58.2C13H27.C5H12/c1-5-9-11-13-15-17-19-24-28(22-7-3)26-21-27-29(23-8-4)25-20-18-16-14-12-10-6-2;2*1-3-5-7-9-11-13-12-10-8-6-4-2;1-3-5-4-2/h28-29H,3-27H2,1-2H3;2*1,3-13H2,2H3;3-5H2,1-2H3/q+2;2*+1;. The summed E-state index contributed by atoms with van der Waals surface area (Å²) in [7, 11) is 0. The van der Waals surface area contributed by atoms with Gasteiger partial charge in [0.25, 0.3) is 0 Å². The molecule has 0 fully saturated rings. The Bertz CT molecular complexity index is 550. The lowest BCUT2D eigenvalue weighted by Crippen LogP contribution is -2.05. The summed E-state index contributed by atoms with van der Waals surface area (Å²) in [6, 6.07) is 0. The van der Waals surface area contributed by atoms with Crippen molar-refractivity contribution in [3.05, 3.63) is 27.7 Å². The summed E-state index contributed by atoms with van der Waals surface area (Å²) in [5.41, 5.74) is 0. The molecular formula is C60H124+4. The van der Waals surface area contributed by atoms with Gasteiger partial charge in [0.15, 0.2) is 0 Å². The van der Waals surface area contributed by atoms with Gasteiger partial charge in [-0.15, -0.1) is 0 Å². The van der Waals surface area contributed by atoms with E-state index in [0.29, 0.717) is 0 Å². The Hall–Kier alpha value is -0.520. The van der Waals surface area contributed by atoms with E-state index in [9.17, 15) is 0 Å². The zero-order valence-electron chi connectivity index (χ0n) is 43.9. The number of rotatable bonds is 46. The van der Waals surface area contributed by atoms with Crippen LogP contribution in [0, 0.1) is 39.5 Å². The normalized spacial score (nSPS) is 11.8. The van der Waals surface area contributed by atoms with Gasteiger partial charge >= 0.3 is 0 Å². The molecule has 2 unspecified atom stereocenters.